The van der Waals surface area contributed by atoms with Gasteiger partial charge >= 0.3 is 6.03 Å². The van der Waals surface area contributed by atoms with Gasteiger partial charge < -0.3 is 22.1 Å². The first-order chi connectivity index (χ1) is 9.54. The average molecular weight is 271 g/mol. The molecule has 7 nitrogen and oxygen atoms in total. The molecule has 2 rings (SSSR count). The lowest BCUT2D eigenvalue weighted by Gasteiger charge is -2.07. The summed E-state index contributed by atoms with van der Waals surface area (Å²) >= 11 is 0. The lowest BCUT2D eigenvalue weighted by Crippen LogP contribution is -2.19. The zero-order valence-electron chi connectivity index (χ0n) is 10.5. The molecule has 0 spiro atoms. The van der Waals surface area contributed by atoms with E-state index in [1.54, 1.807) is 30.3 Å². The molecule has 2 aromatic rings. The highest BCUT2D eigenvalue weighted by Crippen LogP contribution is 2.15. The molecule has 1 heterocycles. The zero-order valence-corrected chi connectivity index (χ0v) is 10.5. The third-order valence-electron chi connectivity index (χ3n) is 2.41. The maximum absolute atomic E-state index is 11.9. The van der Waals surface area contributed by atoms with Crippen LogP contribution in [-0.2, 0) is 0 Å². The van der Waals surface area contributed by atoms with Crippen molar-refractivity contribution in [1.29, 1.82) is 0 Å². The molecule has 0 bridgehead atoms. The van der Waals surface area contributed by atoms with Crippen LogP contribution in [0.4, 0.5) is 21.9 Å². The molecule has 0 atom stereocenters. The highest BCUT2D eigenvalue weighted by Gasteiger charge is 2.07. The van der Waals surface area contributed by atoms with Crippen LogP contribution in [0.1, 0.15) is 10.5 Å². The van der Waals surface area contributed by atoms with Gasteiger partial charge in [0.2, 0.25) is 0 Å². The Morgan fingerprint density at radius 2 is 1.75 bits per heavy atom. The van der Waals surface area contributed by atoms with Gasteiger partial charge in [0.25, 0.3) is 5.91 Å². The van der Waals surface area contributed by atoms with Gasteiger partial charge in [-0.3, -0.25) is 4.79 Å². The second kappa shape index (κ2) is 5.70. The quantitative estimate of drug-likeness (QED) is 0.673. The van der Waals surface area contributed by atoms with Crippen molar-refractivity contribution in [3.63, 3.8) is 0 Å². The van der Waals surface area contributed by atoms with Crippen molar-refractivity contribution < 1.29 is 9.59 Å². The van der Waals surface area contributed by atoms with E-state index in [9.17, 15) is 9.59 Å². The number of anilines is 3. The van der Waals surface area contributed by atoms with Gasteiger partial charge in [-0.25, -0.2) is 9.78 Å². The largest absolute Gasteiger partial charge is 0.397 e. The monoisotopic (exact) mass is 271 g/mol. The van der Waals surface area contributed by atoms with Gasteiger partial charge in [-0.2, -0.15) is 0 Å². The Kier molecular flexibility index (Phi) is 3.80. The van der Waals surface area contributed by atoms with Crippen molar-refractivity contribution in [3.05, 3.63) is 48.3 Å². The second-order valence-corrected chi connectivity index (χ2v) is 4.00. The van der Waals surface area contributed by atoms with E-state index < -0.39 is 6.03 Å². The Labute approximate surface area is 115 Å². The molecule has 102 valence electrons. The zero-order chi connectivity index (χ0) is 14.5. The van der Waals surface area contributed by atoms with Crippen LogP contribution in [0.15, 0.2) is 42.6 Å². The van der Waals surface area contributed by atoms with E-state index in [-0.39, 0.29) is 11.6 Å². The molecular weight excluding hydrogens is 258 g/mol. The minimum atomic E-state index is -0.673. The molecule has 1 aromatic heterocycles. The van der Waals surface area contributed by atoms with Crippen molar-refractivity contribution in [2.24, 2.45) is 5.73 Å². The summed E-state index contributed by atoms with van der Waals surface area (Å²) in [5, 5.41) is 5.08. The number of hydrogen-bond donors (Lipinski definition) is 4. The standard InChI is InChI=1S/C13H13N5O2/c14-8-4-5-11(16-7-8)12(19)17-9-2-1-3-10(6-9)18-13(15)20/h1-7H,14H2,(H,17,19)(H3,15,18,20). The molecule has 0 unspecified atom stereocenters. The van der Waals surface area contributed by atoms with Gasteiger partial charge in [0.15, 0.2) is 0 Å². The first-order valence-corrected chi connectivity index (χ1v) is 5.74. The molecule has 0 fully saturated rings. The fourth-order valence-corrected chi connectivity index (χ4v) is 1.55. The fraction of sp³-hybridized carbons (Fsp3) is 0. The van der Waals surface area contributed by atoms with E-state index in [4.69, 9.17) is 11.5 Å². The Morgan fingerprint density at radius 1 is 1.05 bits per heavy atom. The number of urea groups is 1. The van der Waals surface area contributed by atoms with Gasteiger partial charge in [0, 0.05) is 11.4 Å². The maximum atomic E-state index is 11.9. The molecular formula is C13H13N5O2. The van der Waals surface area contributed by atoms with Crippen LogP contribution in [-0.4, -0.2) is 16.9 Å². The van der Waals surface area contributed by atoms with Gasteiger partial charge in [-0.1, -0.05) is 6.07 Å². The number of primary amides is 1. The van der Waals surface area contributed by atoms with Crippen LogP contribution in [0.25, 0.3) is 0 Å². The van der Waals surface area contributed by atoms with E-state index in [0.29, 0.717) is 17.1 Å². The highest BCUT2D eigenvalue weighted by molar-refractivity contribution is 6.03. The number of hydrogen-bond acceptors (Lipinski definition) is 4. The molecule has 3 amide bonds. The normalized spacial score (nSPS) is 9.80. The molecule has 20 heavy (non-hydrogen) atoms. The van der Waals surface area contributed by atoms with E-state index in [1.807, 2.05) is 0 Å². The number of nitrogens with two attached hydrogens (primary N) is 2. The van der Waals surface area contributed by atoms with E-state index in [2.05, 4.69) is 15.6 Å². The van der Waals surface area contributed by atoms with E-state index in [0.717, 1.165) is 0 Å². The van der Waals surface area contributed by atoms with E-state index in [1.165, 1.54) is 12.3 Å². The number of rotatable bonds is 3. The van der Waals surface area contributed by atoms with Gasteiger partial charge in [-0.05, 0) is 30.3 Å². The predicted molar refractivity (Wildman–Crippen MR) is 76.3 cm³/mol. The summed E-state index contributed by atoms with van der Waals surface area (Å²) in [7, 11) is 0. The first-order valence-electron chi connectivity index (χ1n) is 5.74. The van der Waals surface area contributed by atoms with Crippen LogP contribution < -0.4 is 22.1 Å². The van der Waals surface area contributed by atoms with Crippen LogP contribution in [0, 0.1) is 0 Å². The summed E-state index contributed by atoms with van der Waals surface area (Å²) in [4.78, 5) is 26.6. The number of benzene rings is 1. The summed E-state index contributed by atoms with van der Waals surface area (Å²) in [6.45, 7) is 0. The van der Waals surface area contributed by atoms with Crippen molar-refractivity contribution >= 4 is 29.0 Å². The maximum Gasteiger partial charge on any atom is 0.316 e. The molecule has 7 heteroatoms. The summed E-state index contributed by atoms with van der Waals surface area (Å²) in [6.07, 6.45) is 1.40. The number of nitrogen functional groups attached to an aromatic ring is 1. The van der Waals surface area contributed by atoms with Crippen molar-refractivity contribution in [2.75, 3.05) is 16.4 Å². The summed E-state index contributed by atoms with van der Waals surface area (Å²) < 4.78 is 0. The summed E-state index contributed by atoms with van der Waals surface area (Å²) in [5.74, 6) is -0.374. The van der Waals surface area contributed by atoms with Gasteiger partial charge in [0.1, 0.15) is 5.69 Å². The topological polar surface area (TPSA) is 123 Å². The van der Waals surface area contributed by atoms with Crippen LogP contribution >= 0.6 is 0 Å². The van der Waals surface area contributed by atoms with Crippen LogP contribution in [0.2, 0.25) is 0 Å². The van der Waals surface area contributed by atoms with E-state index >= 15 is 0 Å². The lowest BCUT2D eigenvalue weighted by atomic mass is 10.2. The van der Waals surface area contributed by atoms with Gasteiger partial charge in [0.05, 0.1) is 11.9 Å². The molecule has 0 aliphatic heterocycles. The van der Waals surface area contributed by atoms with Crippen LogP contribution in [0.5, 0.6) is 0 Å². The summed E-state index contributed by atoms with van der Waals surface area (Å²) in [6, 6.07) is 9.04. The SMILES string of the molecule is NC(=O)Nc1cccc(NC(=O)c2ccc(N)cn2)c1. The van der Waals surface area contributed by atoms with Gasteiger partial charge in [-0.15, -0.1) is 0 Å². The number of carbonyl (C=O) groups is 2. The summed E-state index contributed by atoms with van der Waals surface area (Å²) in [5.41, 5.74) is 12.2. The molecule has 0 saturated heterocycles. The molecule has 0 aliphatic carbocycles. The third-order valence-corrected chi connectivity index (χ3v) is 2.41. The number of aromatic nitrogens is 1. The predicted octanol–water partition coefficient (Wildman–Crippen LogP) is 1.41. The second-order valence-electron chi connectivity index (χ2n) is 4.00. The number of nitrogens with zero attached hydrogens (tertiary/aromatic N) is 1. The Balaban J connectivity index is 2.11. The highest BCUT2D eigenvalue weighted by atomic mass is 16.2. The molecule has 0 aliphatic rings. The number of pyridine rings is 1. The first kappa shape index (κ1) is 13.3. The Bertz CT molecular complexity index is 639. The Morgan fingerprint density at radius 3 is 2.35 bits per heavy atom. The lowest BCUT2D eigenvalue weighted by molar-refractivity contribution is 0.102. The number of amides is 3. The third kappa shape index (κ3) is 3.45. The average Bonchev–Trinajstić information content (AvgIpc) is 2.39. The number of nitrogens with one attached hydrogen (secondary N) is 2. The van der Waals surface area contributed by atoms with Crippen LogP contribution in [0.3, 0.4) is 0 Å². The fourth-order valence-electron chi connectivity index (χ4n) is 1.55. The Hall–Kier alpha value is -3.09. The minimum absolute atomic E-state index is 0.243. The smallest absolute Gasteiger partial charge is 0.316 e. The van der Waals surface area contributed by atoms with Crippen molar-refractivity contribution in [2.45, 2.75) is 0 Å². The molecule has 0 saturated carbocycles. The van der Waals surface area contributed by atoms with Crippen molar-refractivity contribution in [1.82, 2.24) is 4.98 Å². The number of carbonyl (C=O) groups excluding carboxylic acids is 2. The van der Waals surface area contributed by atoms with Crippen molar-refractivity contribution in [3.8, 4) is 0 Å². The molecule has 1 aromatic carbocycles. The molecule has 0 radical (unpaired) electrons. The molecule has 6 N–H and O–H groups in total. The minimum Gasteiger partial charge on any atom is -0.397 e.